The maximum Gasteiger partial charge on any atom is 0.335 e. The number of anilines is 1. The summed E-state index contributed by atoms with van der Waals surface area (Å²) in [6, 6.07) is 25.4. The highest BCUT2D eigenvalue weighted by molar-refractivity contribution is 6.51. The number of benzene rings is 4. The Bertz CT molecular complexity index is 1610. The molecule has 38 heavy (non-hydrogen) atoms. The number of fused-ring (bicyclic) bond motifs is 1. The highest BCUT2D eigenvalue weighted by Gasteiger charge is 2.36. The molecule has 0 spiro atoms. The molecule has 8 heteroatoms. The number of hydrazone groups is 1. The molecule has 0 saturated carbocycles. The molecule has 5 rings (SSSR count). The van der Waals surface area contributed by atoms with E-state index in [0.29, 0.717) is 22.3 Å². The van der Waals surface area contributed by atoms with Crippen molar-refractivity contribution in [2.45, 2.75) is 13.5 Å². The van der Waals surface area contributed by atoms with E-state index in [-0.39, 0.29) is 29.3 Å². The molecule has 1 heterocycles. The van der Waals surface area contributed by atoms with Gasteiger partial charge in [-0.3, -0.25) is 19.9 Å². The molecule has 1 aliphatic heterocycles. The number of aromatic hydroxyl groups is 1. The SMILES string of the molecule is Cc1ccc(CN2C(=O)/C(=N\Nc3cccc(-c4cccc(C(=O)O)c4)c3O)c3ccccc3C2=O)cc1. The molecule has 188 valence electrons. The van der Waals surface area contributed by atoms with Crippen molar-refractivity contribution < 1.29 is 24.6 Å². The molecule has 4 aromatic rings. The van der Waals surface area contributed by atoms with Crippen LogP contribution in [0, 0.1) is 6.92 Å². The van der Waals surface area contributed by atoms with E-state index in [0.717, 1.165) is 16.0 Å². The maximum absolute atomic E-state index is 13.5. The lowest BCUT2D eigenvalue weighted by Crippen LogP contribution is -2.46. The Morgan fingerprint density at radius 1 is 0.842 bits per heavy atom. The lowest BCUT2D eigenvalue weighted by Gasteiger charge is -2.27. The molecule has 4 aromatic carbocycles. The average Bonchev–Trinajstić information content (AvgIpc) is 2.93. The second-order valence-corrected chi connectivity index (χ2v) is 8.89. The molecule has 0 saturated heterocycles. The van der Waals surface area contributed by atoms with Crippen LogP contribution in [-0.4, -0.2) is 38.6 Å². The molecule has 0 atom stereocenters. The number of carbonyl (C=O) groups excluding carboxylic acids is 2. The lowest BCUT2D eigenvalue weighted by molar-refractivity contribution is -0.122. The fraction of sp³-hybridized carbons (Fsp3) is 0.0667. The first kappa shape index (κ1) is 24.5. The molecule has 3 N–H and O–H groups in total. The number of nitrogens with one attached hydrogen (secondary N) is 1. The van der Waals surface area contributed by atoms with Gasteiger partial charge in [-0.15, -0.1) is 0 Å². The van der Waals surface area contributed by atoms with E-state index < -0.39 is 17.8 Å². The number of rotatable bonds is 6. The topological polar surface area (TPSA) is 119 Å². The molecule has 0 bridgehead atoms. The standard InChI is InChI=1S/C30H23N3O5/c1-18-12-14-19(15-13-18)17-33-28(35)24-9-3-2-8-23(24)26(29(33)36)32-31-25-11-5-10-22(27(25)34)20-6-4-7-21(16-20)30(37)38/h2-16,31,34H,17H2,1H3,(H,37,38)/b32-26-. The Labute approximate surface area is 218 Å². The quantitative estimate of drug-likeness (QED) is 0.191. The Hall–Kier alpha value is -5.24. The molecule has 8 nitrogen and oxygen atoms in total. The van der Waals surface area contributed by atoms with Gasteiger partial charge in [0.25, 0.3) is 11.8 Å². The number of amides is 2. The van der Waals surface area contributed by atoms with Gasteiger partial charge in [0.2, 0.25) is 0 Å². The number of hydrogen-bond acceptors (Lipinski definition) is 6. The summed E-state index contributed by atoms with van der Waals surface area (Å²) >= 11 is 0. The Kier molecular flexibility index (Phi) is 6.45. The largest absolute Gasteiger partial charge is 0.505 e. The van der Waals surface area contributed by atoms with E-state index in [9.17, 15) is 24.6 Å². The van der Waals surface area contributed by atoms with Crippen LogP contribution in [0.25, 0.3) is 11.1 Å². The van der Waals surface area contributed by atoms with Crippen LogP contribution in [0.1, 0.15) is 37.4 Å². The van der Waals surface area contributed by atoms with Crippen molar-refractivity contribution in [3.8, 4) is 16.9 Å². The number of carboxylic acid groups (broad SMARTS) is 1. The van der Waals surface area contributed by atoms with Gasteiger partial charge in [0, 0.05) is 16.7 Å². The first-order valence-corrected chi connectivity index (χ1v) is 11.8. The number of para-hydroxylation sites is 1. The molecular formula is C30H23N3O5. The predicted molar refractivity (Wildman–Crippen MR) is 143 cm³/mol. The molecule has 1 aliphatic rings. The van der Waals surface area contributed by atoms with Gasteiger partial charge < -0.3 is 10.2 Å². The van der Waals surface area contributed by atoms with Gasteiger partial charge in [0.15, 0.2) is 5.71 Å². The van der Waals surface area contributed by atoms with Gasteiger partial charge in [-0.2, -0.15) is 5.10 Å². The van der Waals surface area contributed by atoms with Crippen LogP contribution in [0.2, 0.25) is 0 Å². The second kappa shape index (κ2) is 10.0. The maximum atomic E-state index is 13.5. The van der Waals surface area contributed by atoms with Gasteiger partial charge in [-0.1, -0.05) is 72.3 Å². The lowest BCUT2D eigenvalue weighted by atomic mass is 9.96. The van der Waals surface area contributed by atoms with E-state index in [4.69, 9.17) is 0 Å². The molecule has 2 amide bonds. The molecule has 0 unspecified atom stereocenters. The van der Waals surface area contributed by atoms with Crippen molar-refractivity contribution in [2.75, 3.05) is 5.43 Å². The zero-order valence-corrected chi connectivity index (χ0v) is 20.4. The third kappa shape index (κ3) is 4.62. The molecular weight excluding hydrogens is 482 g/mol. The molecule has 0 fully saturated rings. The minimum absolute atomic E-state index is 0.0324. The van der Waals surface area contributed by atoms with E-state index in [2.05, 4.69) is 10.5 Å². The first-order valence-electron chi connectivity index (χ1n) is 11.8. The summed E-state index contributed by atoms with van der Waals surface area (Å²) in [5.74, 6) is -2.21. The molecule has 0 radical (unpaired) electrons. The van der Waals surface area contributed by atoms with E-state index >= 15 is 0 Å². The van der Waals surface area contributed by atoms with Crippen molar-refractivity contribution in [3.63, 3.8) is 0 Å². The third-order valence-corrected chi connectivity index (χ3v) is 6.31. The number of aromatic carboxylic acids is 1. The van der Waals surface area contributed by atoms with Gasteiger partial charge in [-0.05, 0) is 42.3 Å². The monoisotopic (exact) mass is 505 g/mol. The van der Waals surface area contributed by atoms with E-state index in [1.165, 1.54) is 12.1 Å². The number of carboxylic acids is 1. The van der Waals surface area contributed by atoms with Crippen molar-refractivity contribution in [1.29, 1.82) is 0 Å². The zero-order valence-electron chi connectivity index (χ0n) is 20.4. The fourth-order valence-corrected chi connectivity index (χ4v) is 4.29. The zero-order chi connectivity index (χ0) is 26.8. The van der Waals surface area contributed by atoms with Crippen LogP contribution >= 0.6 is 0 Å². The van der Waals surface area contributed by atoms with Crippen molar-refractivity contribution in [1.82, 2.24) is 4.90 Å². The summed E-state index contributed by atoms with van der Waals surface area (Å²) in [4.78, 5) is 39.2. The number of aryl methyl sites for hydroxylation is 1. The van der Waals surface area contributed by atoms with E-state index in [1.54, 1.807) is 54.6 Å². The first-order chi connectivity index (χ1) is 18.3. The minimum atomic E-state index is -1.08. The fourth-order valence-electron chi connectivity index (χ4n) is 4.29. The Morgan fingerprint density at radius 3 is 2.26 bits per heavy atom. The van der Waals surface area contributed by atoms with Gasteiger partial charge >= 0.3 is 5.97 Å². The normalized spacial score (nSPS) is 13.9. The van der Waals surface area contributed by atoms with Crippen LogP contribution in [-0.2, 0) is 11.3 Å². The van der Waals surface area contributed by atoms with Gasteiger partial charge in [0.05, 0.1) is 17.8 Å². The summed E-state index contributed by atoms with van der Waals surface area (Å²) < 4.78 is 0. The van der Waals surface area contributed by atoms with Crippen LogP contribution in [0.4, 0.5) is 5.69 Å². The summed E-state index contributed by atoms with van der Waals surface area (Å²) in [6.45, 7) is 2.05. The summed E-state index contributed by atoms with van der Waals surface area (Å²) in [5.41, 5.74) is 6.61. The Balaban J connectivity index is 1.50. The highest BCUT2D eigenvalue weighted by atomic mass is 16.4. The summed E-state index contributed by atoms with van der Waals surface area (Å²) in [7, 11) is 0. The summed E-state index contributed by atoms with van der Waals surface area (Å²) in [5, 5.41) is 24.6. The van der Waals surface area contributed by atoms with Crippen LogP contribution < -0.4 is 5.43 Å². The molecule has 0 aromatic heterocycles. The van der Waals surface area contributed by atoms with E-state index in [1.807, 2.05) is 31.2 Å². The second-order valence-electron chi connectivity index (χ2n) is 8.89. The smallest absolute Gasteiger partial charge is 0.335 e. The number of phenolic OH excluding ortho intramolecular Hbond substituents is 1. The number of phenols is 1. The average molecular weight is 506 g/mol. The van der Waals surface area contributed by atoms with Crippen molar-refractivity contribution in [3.05, 3.63) is 119 Å². The highest BCUT2D eigenvalue weighted by Crippen LogP contribution is 2.36. The minimum Gasteiger partial charge on any atom is -0.505 e. The van der Waals surface area contributed by atoms with Gasteiger partial charge in [0.1, 0.15) is 5.75 Å². The predicted octanol–water partition coefficient (Wildman–Crippen LogP) is 5.06. The van der Waals surface area contributed by atoms with Crippen molar-refractivity contribution >= 4 is 29.2 Å². The number of hydrogen-bond donors (Lipinski definition) is 3. The van der Waals surface area contributed by atoms with Crippen LogP contribution in [0.5, 0.6) is 5.75 Å². The number of imide groups is 1. The summed E-state index contributed by atoms with van der Waals surface area (Å²) in [6.07, 6.45) is 0. The number of carbonyl (C=O) groups is 3. The molecule has 0 aliphatic carbocycles. The van der Waals surface area contributed by atoms with Crippen LogP contribution in [0.15, 0.2) is 96.1 Å². The third-order valence-electron chi connectivity index (χ3n) is 6.31. The van der Waals surface area contributed by atoms with Crippen molar-refractivity contribution in [2.24, 2.45) is 5.10 Å². The van der Waals surface area contributed by atoms with Gasteiger partial charge in [-0.25, -0.2) is 4.79 Å². The van der Waals surface area contributed by atoms with Crippen LogP contribution in [0.3, 0.4) is 0 Å². The Morgan fingerprint density at radius 2 is 1.53 bits per heavy atom. The number of nitrogens with zero attached hydrogens (tertiary/aromatic N) is 2.